The zero-order valence-electron chi connectivity index (χ0n) is 17.3. The Kier molecular flexibility index (Phi) is 4.87. The molecule has 2 fully saturated rings. The van der Waals surface area contributed by atoms with Gasteiger partial charge >= 0.3 is 0 Å². The Balaban J connectivity index is 1.18. The first-order chi connectivity index (χ1) is 14.6. The van der Waals surface area contributed by atoms with Gasteiger partial charge in [-0.15, -0.1) is 0 Å². The van der Waals surface area contributed by atoms with Crippen molar-refractivity contribution in [3.05, 3.63) is 60.2 Å². The van der Waals surface area contributed by atoms with Gasteiger partial charge in [-0.3, -0.25) is 9.69 Å². The van der Waals surface area contributed by atoms with Crippen molar-refractivity contribution in [1.29, 1.82) is 0 Å². The molecule has 5 rings (SSSR count). The lowest BCUT2D eigenvalue weighted by atomic mass is 10.1. The Bertz CT molecular complexity index is 1020. The van der Waals surface area contributed by atoms with Crippen LogP contribution in [0.15, 0.2) is 59.1 Å². The van der Waals surface area contributed by atoms with Gasteiger partial charge in [0.25, 0.3) is 5.89 Å². The fraction of sp³-hybridized carbons (Fsp3) is 0.375. The van der Waals surface area contributed by atoms with E-state index in [0.717, 1.165) is 56.7 Å². The maximum atomic E-state index is 12.5. The van der Waals surface area contributed by atoms with Crippen LogP contribution in [0, 0.1) is 5.41 Å². The monoisotopic (exact) mass is 402 g/mol. The minimum atomic E-state index is -0.0620. The molecule has 0 unspecified atom stereocenters. The Morgan fingerprint density at radius 2 is 1.67 bits per heavy atom. The molecule has 1 aromatic heterocycles. The number of amides is 1. The molecule has 0 spiro atoms. The molecule has 6 heteroatoms. The fourth-order valence-corrected chi connectivity index (χ4v) is 3.95. The van der Waals surface area contributed by atoms with Crippen LogP contribution in [0.1, 0.15) is 25.3 Å². The zero-order valence-corrected chi connectivity index (χ0v) is 17.3. The molecule has 2 heterocycles. The molecule has 3 aromatic rings. The van der Waals surface area contributed by atoms with Crippen molar-refractivity contribution in [2.45, 2.75) is 26.3 Å². The van der Waals surface area contributed by atoms with Crippen molar-refractivity contribution in [2.24, 2.45) is 5.41 Å². The zero-order chi connectivity index (χ0) is 20.6. The standard InChI is InChI=1S/C24H26N4O2/c1-24(11-12-24)23(29)28-15-13-27(14-16-28)17-18-7-9-19(10-8-18)21-25-22(30-26-21)20-5-3-2-4-6-20/h2-10H,11-17H2,1H3. The lowest BCUT2D eigenvalue weighted by molar-refractivity contribution is -0.138. The maximum absolute atomic E-state index is 12.5. The summed E-state index contributed by atoms with van der Waals surface area (Å²) in [7, 11) is 0. The molecule has 1 saturated heterocycles. The summed E-state index contributed by atoms with van der Waals surface area (Å²) in [6.45, 7) is 6.50. The molecule has 0 atom stereocenters. The summed E-state index contributed by atoms with van der Waals surface area (Å²) in [5.41, 5.74) is 3.05. The van der Waals surface area contributed by atoms with Gasteiger partial charge in [0.15, 0.2) is 0 Å². The van der Waals surface area contributed by atoms with Crippen molar-refractivity contribution in [2.75, 3.05) is 26.2 Å². The Labute approximate surface area is 176 Å². The second-order valence-corrected chi connectivity index (χ2v) is 8.62. The van der Waals surface area contributed by atoms with E-state index in [2.05, 4.69) is 34.1 Å². The number of piperazine rings is 1. The minimum Gasteiger partial charge on any atom is -0.340 e. The molecular formula is C24H26N4O2. The normalized spacial score (nSPS) is 18.4. The molecule has 0 N–H and O–H groups in total. The van der Waals surface area contributed by atoms with Crippen LogP contribution in [-0.4, -0.2) is 52.0 Å². The number of carbonyl (C=O) groups is 1. The number of benzene rings is 2. The van der Waals surface area contributed by atoms with Crippen LogP contribution in [0.4, 0.5) is 0 Å². The predicted molar refractivity (Wildman–Crippen MR) is 114 cm³/mol. The summed E-state index contributed by atoms with van der Waals surface area (Å²) in [5, 5.41) is 4.12. The highest BCUT2D eigenvalue weighted by atomic mass is 16.5. The highest BCUT2D eigenvalue weighted by Gasteiger charge is 2.47. The molecule has 1 saturated carbocycles. The van der Waals surface area contributed by atoms with Crippen LogP contribution < -0.4 is 0 Å². The topological polar surface area (TPSA) is 62.5 Å². The van der Waals surface area contributed by atoms with Crippen LogP contribution in [0.25, 0.3) is 22.8 Å². The number of nitrogens with zero attached hydrogens (tertiary/aromatic N) is 4. The fourth-order valence-electron chi connectivity index (χ4n) is 3.95. The van der Waals surface area contributed by atoms with Gasteiger partial charge in [0.05, 0.1) is 0 Å². The molecule has 1 aliphatic carbocycles. The van der Waals surface area contributed by atoms with Gasteiger partial charge in [-0.2, -0.15) is 4.98 Å². The molecule has 0 radical (unpaired) electrons. The Hall–Kier alpha value is -2.99. The third-order valence-electron chi connectivity index (χ3n) is 6.24. The Morgan fingerprint density at radius 3 is 2.33 bits per heavy atom. The van der Waals surface area contributed by atoms with Gasteiger partial charge in [-0.05, 0) is 30.5 Å². The summed E-state index contributed by atoms with van der Waals surface area (Å²) in [6, 6.07) is 18.1. The van der Waals surface area contributed by atoms with Crippen LogP contribution in [0.3, 0.4) is 0 Å². The van der Waals surface area contributed by atoms with Gasteiger partial charge in [-0.1, -0.05) is 54.5 Å². The van der Waals surface area contributed by atoms with Gasteiger partial charge in [0.2, 0.25) is 11.7 Å². The largest absolute Gasteiger partial charge is 0.340 e. The maximum Gasteiger partial charge on any atom is 0.258 e. The van der Waals surface area contributed by atoms with Crippen LogP contribution in [0.2, 0.25) is 0 Å². The number of carbonyl (C=O) groups excluding carboxylic acids is 1. The van der Waals surface area contributed by atoms with E-state index >= 15 is 0 Å². The highest BCUT2D eigenvalue weighted by Crippen LogP contribution is 2.46. The lowest BCUT2D eigenvalue weighted by Crippen LogP contribution is -2.50. The molecule has 1 aliphatic heterocycles. The van der Waals surface area contributed by atoms with Crippen molar-refractivity contribution >= 4 is 5.91 Å². The SMILES string of the molecule is CC1(C(=O)N2CCN(Cc3ccc(-c4noc(-c5ccccc5)n4)cc3)CC2)CC1. The van der Waals surface area contributed by atoms with Gasteiger partial charge in [0.1, 0.15) is 0 Å². The average Bonchev–Trinajstić information content (AvgIpc) is 3.35. The summed E-state index contributed by atoms with van der Waals surface area (Å²) < 4.78 is 5.41. The third-order valence-corrected chi connectivity index (χ3v) is 6.24. The summed E-state index contributed by atoms with van der Waals surface area (Å²) in [4.78, 5) is 21.5. The van der Waals surface area contributed by atoms with Crippen molar-refractivity contribution in [3.8, 4) is 22.8 Å². The number of hydrogen-bond acceptors (Lipinski definition) is 5. The van der Waals surface area contributed by atoms with Crippen molar-refractivity contribution in [1.82, 2.24) is 19.9 Å². The first kappa shape index (κ1) is 19.0. The van der Waals surface area contributed by atoms with Crippen molar-refractivity contribution < 1.29 is 9.32 Å². The predicted octanol–water partition coefficient (Wildman–Crippen LogP) is 3.85. The second-order valence-electron chi connectivity index (χ2n) is 8.62. The number of hydrogen-bond donors (Lipinski definition) is 0. The minimum absolute atomic E-state index is 0.0620. The van der Waals surface area contributed by atoms with Crippen LogP contribution in [0.5, 0.6) is 0 Å². The van der Waals surface area contributed by atoms with E-state index in [-0.39, 0.29) is 5.41 Å². The quantitative estimate of drug-likeness (QED) is 0.649. The highest BCUT2D eigenvalue weighted by molar-refractivity contribution is 5.85. The summed E-state index contributed by atoms with van der Waals surface area (Å²) in [6.07, 6.45) is 2.09. The molecule has 30 heavy (non-hydrogen) atoms. The van der Waals surface area contributed by atoms with E-state index in [1.807, 2.05) is 47.4 Å². The summed E-state index contributed by atoms with van der Waals surface area (Å²) >= 11 is 0. The molecule has 0 bridgehead atoms. The van der Waals surface area contributed by atoms with Gasteiger partial charge in [0, 0.05) is 49.3 Å². The van der Waals surface area contributed by atoms with E-state index in [1.54, 1.807) is 0 Å². The van der Waals surface area contributed by atoms with E-state index in [1.165, 1.54) is 5.56 Å². The van der Waals surface area contributed by atoms with Crippen molar-refractivity contribution in [3.63, 3.8) is 0 Å². The summed E-state index contributed by atoms with van der Waals surface area (Å²) in [5.74, 6) is 1.48. The molecule has 2 aromatic carbocycles. The van der Waals surface area contributed by atoms with Crippen LogP contribution in [-0.2, 0) is 11.3 Å². The Morgan fingerprint density at radius 1 is 0.967 bits per heavy atom. The van der Waals surface area contributed by atoms with Gasteiger partial charge in [-0.25, -0.2) is 0 Å². The smallest absolute Gasteiger partial charge is 0.258 e. The number of rotatable bonds is 5. The van der Waals surface area contributed by atoms with Crippen LogP contribution >= 0.6 is 0 Å². The number of aromatic nitrogens is 2. The third kappa shape index (κ3) is 3.87. The molecule has 6 nitrogen and oxygen atoms in total. The molecule has 154 valence electrons. The van der Waals surface area contributed by atoms with E-state index < -0.39 is 0 Å². The average molecular weight is 402 g/mol. The lowest BCUT2D eigenvalue weighted by Gasteiger charge is -2.36. The second kappa shape index (κ2) is 7.69. The van der Waals surface area contributed by atoms with E-state index in [0.29, 0.717) is 17.6 Å². The molecular weight excluding hydrogens is 376 g/mol. The van der Waals surface area contributed by atoms with Gasteiger partial charge < -0.3 is 9.42 Å². The van der Waals surface area contributed by atoms with E-state index in [9.17, 15) is 4.79 Å². The first-order valence-corrected chi connectivity index (χ1v) is 10.6. The van der Waals surface area contributed by atoms with E-state index in [4.69, 9.17) is 4.52 Å². The molecule has 2 aliphatic rings. The molecule has 1 amide bonds. The first-order valence-electron chi connectivity index (χ1n) is 10.6.